The summed E-state index contributed by atoms with van der Waals surface area (Å²) in [5.74, 6) is -0.492. The zero-order chi connectivity index (χ0) is 16.2. The van der Waals surface area contributed by atoms with Crippen LogP contribution in [0.25, 0.3) is 10.2 Å². The van der Waals surface area contributed by atoms with Crippen molar-refractivity contribution in [3.05, 3.63) is 53.4 Å². The number of thioether (sulfide) groups is 1. The van der Waals surface area contributed by atoms with Crippen molar-refractivity contribution in [2.75, 3.05) is 5.75 Å². The third-order valence-electron chi connectivity index (χ3n) is 3.20. The Kier molecular flexibility index (Phi) is 4.88. The molecule has 1 aromatic carbocycles. The minimum Gasteiger partial charge on any atom is -0.457 e. The van der Waals surface area contributed by atoms with Crippen molar-refractivity contribution in [1.82, 2.24) is 9.97 Å². The van der Waals surface area contributed by atoms with Crippen molar-refractivity contribution in [3.8, 4) is 0 Å². The van der Waals surface area contributed by atoms with Gasteiger partial charge in [0.05, 0.1) is 5.75 Å². The lowest BCUT2D eigenvalue weighted by Gasteiger charge is -2.13. The Morgan fingerprint density at radius 2 is 2.09 bits per heavy atom. The van der Waals surface area contributed by atoms with E-state index in [-0.39, 0.29) is 17.5 Å². The molecule has 0 aliphatic carbocycles. The zero-order valence-corrected chi connectivity index (χ0v) is 13.9. The van der Waals surface area contributed by atoms with E-state index in [1.165, 1.54) is 41.6 Å². The van der Waals surface area contributed by atoms with Crippen molar-refractivity contribution in [2.24, 2.45) is 0 Å². The molecule has 3 rings (SSSR count). The van der Waals surface area contributed by atoms with Gasteiger partial charge in [-0.15, -0.1) is 11.3 Å². The summed E-state index contributed by atoms with van der Waals surface area (Å²) in [6.45, 7) is 1.76. The topological polar surface area (TPSA) is 52.1 Å². The highest BCUT2D eigenvalue weighted by Gasteiger charge is 2.14. The van der Waals surface area contributed by atoms with Crippen LogP contribution in [0.2, 0.25) is 0 Å². The van der Waals surface area contributed by atoms with E-state index in [2.05, 4.69) is 9.97 Å². The molecule has 0 aliphatic rings. The maximum Gasteiger partial charge on any atom is 0.316 e. The number of esters is 1. The summed E-state index contributed by atoms with van der Waals surface area (Å²) in [7, 11) is 0. The summed E-state index contributed by atoms with van der Waals surface area (Å²) < 4.78 is 18.3. The first-order valence-corrected chi connectivity index (χ1v) is 8.76. The summed E-state index contributed by atoms with van der Waals surface area (Å²) in [6, 6.07) is 7.86. The molecule has 0 aliphatic heterocycles. The van der Waals surface area contributed by atoms with Gasteiger partial charge in [-0.3, -0.25) is 4.79 Å². The van der Waals surface area contributed by atoms with E-state index < -0.39 is 6.10 Å². The van der Waals surface area contributed by atoms with E-state index in [0.717, 1.165) is 20.8 Å². The predicted octanol–water partition coefficient (Wildman–Crippen LogP) is 4.23. The molecule has 0 unspecified atom stereocenters. The van der Waals surface area contributed by atoms with E-state index in [1.54, 1.807) is 19.1 Å². The summed E-state index contributed by atoms with van der Waals surface area (Å²) in [5.41, 5.74) is 0.756. The Morgan fingerprint density at radius 3 is 2.87 bits per heavy atom. The molecule has 3 aromatic rings. The minimum absolute atomic E-state index is 0.160. The van der Waals surface area contributed by atoms with Gasteiger partial charge >= 0.3 is 5.97 Å². The summed E-state index contributed by atoms with van der Waals surface area (Å²) in [5, 5.41) is 3.66. The molecule has 0 radical (unpaired) electrons. The lowest BCUT2D eigenvalue weighted by atomic mass is 10.1. The van der Waals surface area contributed by atoms with Crippen LogP contribution in [-0.2, 0) is 9.53 Å². The Labute approximate surface area is 140 Å². The number of thiophene rings is 1. The molecule has 4 nitrogen and oxygen atoms in total. The summed E-state index contributed by atoms with van der Waals surface area (Å²) in [6.07, 6.45) is 1.07. The van der Waals surface area contributed by atoms with Crippen LogP contribution in [0, 0.1) is 5.82 Å². The van der Waals surface area contributed by atoms with E-state index in [4.69, 9.17) is 4.74 Å². The van der Waals surface area contributed by atoms with E-state index >= 15 is 0 Å². The van der Waals surface area contributed by atoms with Gasteiger partial charge in [-0.25, -0.2) is 14.4 Å². The minimum atomic E-state index is -0.421. The number of ether oxygens (including phenoxy) is 1. The molecule has 0 saturated heterocycles. The Bertz CT molecular complexity index is 820. The van der Waals surface area contributed by atoms with E-state index in [0.29, 0.717) is 0 Å². The van der Waals surface area contributed by atoms with Gasteiger partial charge in [0.1, 0.15) is 28.1 Å². The van der Waals surface area contributed by atoms with Gasteiger partial charge in [0.15, 0.2) is 0 Å². The highest BCUT2D eigenvalue weighted by atomic mass is 32.2. The maximum absolute atomic E-state index is 12.9. The first-order chi connectivity index (χ1) is 11.1. The highest BCUT2D eigenvalue weighted by molar-refractivity contribution is 8.00. The molecular formula is C16H13FN2O2S2. The smallest absolute Gasteiger partial charge is 0.316 e. The molecular weight excluding hydrogens is 335 g/mol. The van der Waals surface area contributed by atoms with Crippen LogP contribution in [0.3, 0.4) is 0 Å². The second-order valence-corrected chi connectivity index (χ2v) is 6.65. The molecule has 1 atom stereocenters. The monoisotopic (exact) mass is 348 g/mol. The maximum atomic E-state index is 12.9. The molecule has 0 saturated carbocycles. The average molecular weight is 348 g/mol. The number of carbonyl (C=O) groups excluding carboxylic acids is 1. The Morgan fingerprint density at radius 1 is 1.30 bits per heavy atom. The number of halogens is 1. The van der Waals surface area contributed by atoms with Crippen LogP contribution in [0.5, 0.6) is 0 Å². The quantitative estimate of drug-likeness (QED) is 0.392. The van der Waals surface area contributed by atoms with Crippen molar-refractivity contribution in [1.29, 1.82) is 0 Å². The van der Waals surface area contributed by atoms with Crippen molar-refractivity contribution in [3.63, 3.8) is 0 Å². The molecule has 2 aromatic heterocycles. The van der Waals surface area contributed by atoms with Gasteiger partial charge in [0.2, 0.25) is 0 Å². The van der Waals surface area contributed by atoms with Crippen LogP contribution in [-0.4, -0.2) is 21.7 Å². The van der Waals surface area contributed by atoms with Crippen LogP contribution >= 0.6 is 23.1 Å². The number of nitrogens with zero attached hydrogens (tertiary/aromatic N) is 2. The van der Waals surface area contributed by atoms with Crippen molar-refractivity contribution < 1.29 is 13.9 Å². The molecule has 2 heterocycles. The fraction of sp³-hybridized carbons (Fsp3) is 0.188. The third-order valence-corrected chi connectivity index (χ3v) is 5.00. The SMILES string of the molecule is C[C@@H](OC(=O)CSc1ncnc2sccc12)c1ccc(F)cc1. The van der Waals surface area contributed by atoms with Crippen LogP contribution in [0.15, 0.2) is 47.1 Å². The lowest BCUT2D eigenvalue weighted by Crippen LogP contribution is -2.11. The first-order valence-electron chi connectivity index (χ1n) is 6.89. The number of fused-ring (bicyclic) bond motifs is 1. The fourth-order valence-corrected chi connectivity index (χ4v) is 3.60. The second-order valence-electron chi connectivity index (χ2n) is 4.79. The summed E-state index contributed by atoms with van der Waals surface area (Å²) >= 11 is 2.86. The number of aromatic nitrogens is 2. The van der Waals surface area contributed by atoms with Crippen LogP contribution in [0.4, 0.5) is 4.39 Å². The van der Waals surface area contributed by atoms with Crippen LogP contribution < -0.4 is 0 Å². The fourth-order valence-electron chi connectivity index (χ4n) is 2.04. The van der Waals surface area contributed by atoms with Crippen molar-refractivity contribution in [2.45, 2.75) is 18.1 Å². The van der Waals surface area contributed by atoms with Crippen LogP contribution in [0.1, 0.15) is 18.6 Å². The number of hydrogen-bond acceptors (Lipinski definition) is 6. The first kappa shape index (κ1) is 15.9. The van der Waals surface area contributed by atoms with Gasteiger partial charge in [0.25, 0.3) is 0 Å². The van der Waals surface area contributed by atoms with Gasteiger partial charge in [-0.1, -0.05) is 23.9 Å². The molecule has 0 N–H and O–H groups in total. The standard InChI is InChI=1S/C16H13FN2O2S2/c1-10(11-2-4-12(17)5-3-11)21-14(20)8-23-16-13-6-7-22-15(13)18-9-19-16/h2-7,9-10H,8H2,1H3/t10-/m1/s1. The number of benzene rings is 1. The number of carbonyl (C=O) groups is 1. The average Bonchev–Trinajstić information content (AvgIpc) is 3.02. The largest absolute Gasteiger partial charge is 0.457 e. The highest BCUT2D eigenvalue weighted by Crippen LogP contribution is 2.28. The molecule has 0 amide bonds. The number of rotatable bonds is 5. The molecule has 0 bridgehead atoms. The molecule has 0 spiro atoms. The summed E-state index contributed by atoms with van der Waals surface area (Å²) in [4.78, 5) is 21.3. The zero-order valence-electron chi connectivity index (χ0n) is 12.2. The van der Waals surface area contributed by atoms with Crippen molar-refractivity contribution >= 4 is 39.3 Å². The predicted molar refractivity (Wildman–Crippen MR) is 89.0 cm³/mol. The van der Waals surface area contributed by atoms with Gasteiger partial charge in [-0.05, 0) is 36.1 Å². The molecule has 7 heteroatoms. The third kappa shape index (κ3) is 3.86. The molecule has 118 valence electrons. The van der Waals surface area contributed by atoms with E-state index in [1.807, 2.05) is 11.4 Å². The second kappa shape index (κ2) is 7.06. The molecule has 0 fully saturated rings. The van der Waals surface area contributed by atoms with E-state index in [9.17, 15) is 9.18 Å². The normalized spacial score (nSPS) is 12.3. The lowest BCUT2D eigenvalue weighted by molar-refractivity contribution is -0.145. The Hall–Kier alpha value is -1.99. The van der Waals surface area contributed by atoms with Gasteiger partial charge < -0.3 is 4.74 Å². The number of hydrogen-bond donors (Lipinski definition) is 0. The van der Waals surface area contributed by atoms with Gasteiger partial charge in [0, 0.05) is 5.39 Å². The Balaban J connectivity index is 1.59. The van der Waals surface area contributed by atoms with Gasteiger partial charge in [-0.2, -0.15) is 0 Å². The molecule has 23 heavy (non-hydrogen) atoms.